The molecule has 4 heteroatoms. The molecule has 0 aromatic carbocycles. The highest BCUT2D eigenvalue weighted by Crippen LogP contribution is 2.22. The van der Waals surface area contributed by atoms with Crippen LogP contribution in [-0.4, -0.2) is 24.6 Å². The highest BCUT2D eigenvalue weighted by atomic mass is 35.5. The van der Waals surface area contributed by atoms with Crippen LogP contribution in [0.2, 0.25) is 5.02 Å². The van der Waals surface area contributed by atoms with E-state index >= 15 is 0 Å². The minimum absolute atomic E-state index is 0.756. The third-order valence-electron chi connectivity index (χ3n) is 3.17. The van der Waals surface area contributed by atoms with Gasteiger partial charge in [-0.25, -0.2) is 4.98 Å². The zero-order valence-corrected chi connectivity index (χ0v) is 11.1. The molecule has 1 aromatic rings. The Labute approximate surface area is 108 Å². The summed E-state index contributed by atoms with van der Waals surface area (Å²) in [6, 6.07) is 2.12. The maximum absolute atomic E-state index is 6.15. The lowest BCUT2D eigenvalue weighted by Gasteiger charge is -2.28. The smallest absolute Gasteiger partial charge is 0.128 e. The summed E-state index contributed by atoms with van der Waals surface area (Å²) >= 11 is 6.15. The molecule has 1 N–H and O–H groups in total. The van der Waals surface area contributed by atoms with Crippen LogP contribution in [0, 0.1) is 0 Å². The number of aromatic nitrogens is 1. The molecule has 1 aromatic heterocycles. The van der Waals surface area contributed by atoms with Crippen molar-refractivity contribution in [1.82, 2.24) is 10.3 Å². The average Bonchev–Trinajstić information content (AvgIpc) is 2.39. The number of nitrogens with one attached hydrogen (secondary N) is 1. The van der Waals surface area contributed by atoms with E-state index in [0.29, 0.717) is 0 Å². The van der Waals surface area contributed by atoms with Gasteiger partial charge in [-0.15, -0.1) is 0 Å². The maximum atomic E-state index is 6.15. The lowest BCUT2D eigenvalue weighted by molar-refractivity contribution is 0.573. The summed E-state index contributed by atoms with van der Waals surface area (Å²) in [4.78, 5) is 6.79. The van der Waals surface area contributed by atoms with Crippen molar-refractivity contribution in [3.63, 3.8) is 0 Å². The van der Waals surface area contributed by atoms with Crippen LogP contribution >= 0.6 is 11.6 Å². The van der Waals surface area contributed by atoms with Gasteiger partial charge in [0.15, 0.2) is 0 Å². The Morgan fingerprint density at radius 2 is 2.12 bits per heavy atom. The molecule has 1 aliphatic rings. The normalized spacial score (nSPS) is 16.2. The molecule has 1 saturated heterocycles. The van der Waals surface area contributed by atoms with Crippen molar-refractivity contribution in [2.24, 2.45) is 0 Å². The Kier molecular flexibility index (Phi) is 4.63. The Bertz CT molecular complexity index is 362. The molecule has 0 atom stereocenters. The molecule has 2 rings (SSSR count). The zero-order valence-electron chi connectivity index (χ0n) is 10.4. The van der Waals surface area contributed by atoms with Gasteiger partial charge in [-0.1, -0.05) is 18.5 Å². The summed E-state index contributed by atoms with van der Waals surface area (Å²) in [6.07, 6.45) is 5.66. The van der Waals surface area contributed by atoms with E-state index in [1.54, 1.807) is 6.20 Å². The van der Waals surface area contributed by atoms with Gasteiger partial charge in [0.25, 0.3) is 0 Å². The molecule has 94 valence electrons. The molecule has 1 fully saturated rings. The first-order valence-electron chi connectivity index (χ1n) is 6.41. The number of rotatable bonds is 4. The van der Waals surface area contributed by atoms with Gasteiger partial charge >= 0.3 is 0 Å². The van der Waals surface area contributed by atoms with E-state index in [0.717, 1.165) is 42.6 Å². The van der Waals surface area contributed by atoms with Crippen LogP contribution in [0.3, 0.4) is 0 Å². The summed E-state index contributed by atoms with van der Waals surface area (Å²) in [5, 5.41) is 4.06. The Hall–Kier alpha value is -0.800. The number of nitrogens with zero attached hydrogens (tertiary/aromatic N) is 2. The molecule has 0 unspecified atom stereocenters. The van der Waals surface area contributed by atoms with E-state index in [4.69, 9.17) is 11.6 Å². The lowest BCUT2D eigenvalue weighted by Crippen LogP contribution is -2.30. The minimum Gasteiger partial charge on any atom is -0.357 e. The van der Waals surface area contributed by atoms with E-state index in [1.807, 2.05) is 0 Å². The Morgan fingerprint density at radius 3 is 2.82 bits per heavy atom. The number of pyridine rings is 1. The van der Waals surface area contributed by atoms with Crippen LogP contribution in [-0.2, 0) is 6.54 Å². The second-order valence-electron chi connectivity index (χ2n) is 4.46. The van der Waals surface area contributed by atoms with Crippen molar-refractivity contribution in [2.45, 2.75) is 32.7 Å². The summed E-state index contributed by atoms with van der Waals surface area (Å²) in [7, 11) is 0. The van der Waals surface area contributed by atoms with E-state index in [-0.39, 0.29) is 0 Å². The van der Waals surface area contributed by atoms with Gasteiger partial charge in [0.05, 0.1) is 5.02 Å². The molecule has 0 saturated carbocycles. The Balaban J connectivity index is 2.11. The van der Waals surface area contributed by atoms with Gasteiger partial charge in [-0.2, -0.15) is 0 Å². The second-order valence-corrected chi connectivity index (χ2v) is 4.87. The molecule has 0 radical (unpaired) electrons. The maximum Gasteiger partial charge on any atom is 0.128 e. The highest BCUT2D eigenvalue weighted by Gasteiger charge is 2.13. The third kappa shape index (κ3) is 3.33. The molecule has 17 heavy (non-hydrogen) atoms. The van der Waals surface area contributed by atoms with Crippen LogP contribution in [0.4, 0.5) is 5.82 Å². The van der Waals surface area contributed by atoms with Crippen LogP contribution in [0.25, 0.3) is 0 Å². The van der Waals surface area contributed by atoms with Crippen LogP contribution in [0.15, 0.2) is 12.3 Å². The number of anilines is 1. The minimum atomic E-state index is 0.756. The topological polar surface area (TPSA) is 28.2 Å². The molecule has 0 amide bonds. The average molecular weight is 254 g/mol. The first kappa shape index (κ1) is 12.7. The predicted molar refractivity (Wildman–Crippen MR) is 72.7 cm³/mol. The molecule has 1 aliphatic heterocycles. The third-order valence-corrected chi connectivity index (χ3v) is 3.51. The van der Waals surface area contributed by atoms with Gasteiger partial charge in [-0.05, 0) is 37.4 Å². The molecule has 0 aliphatic carbocycles. The summed E-state index contributed by atoms with van der Waals surface area (Å²) in [6.45, 7) is 6.11. The molecular weight excluding hydrogens is 234 g/mol. The first-order chi connectivity index (χ1) is 8.31. The number of hydrogen-bond donors (Lipinski definition) is 1. The summed E-state index contributed by atoms with van der Waals surface area (Å²) < 4.78 is 0. The number of hydrogen-bond acceptors (Lipinski definition) is 3. The summed E-state index contributed by atoms with van der Waals surface area (Å²) in [5.41, 5.74) is 1.14. The standard InChI is InChI=1S/C13H20ClN3/c1-2-15-9-11-8-13(16-10-12(11)14)17-6-4-3-5-7-17/h8,10,15H,2-7,9H2,1H3. The van der Waals surface area contributed by atoms with Crippen LogP contribution in [0.1, 0.15) is 31.7 Å². The van der Waals surface area contributed by atoms with Crippen molar-refractivity contribution in [3.8, 4) is 0 Å². The monoisotopic (exact) mass is 253 g/mol. The second kappa shape index (κ2) is 6.22. The number of piperidine rings is 1. The van der Waals surface area contributed by atoms with Crippen LogP contribution < -0.4 is 10.2 Å². The molecule has 0 spiro atoms. The predicted octanol–water partition coefficient (Wildman–Crippen LogP) is 2.83. The van der Waals surface area contributed by atoms with Gasteiger partial charge < -0.3 is 10.2 Å². The fourth-order valence-electron chi connectivity index (χ4n) is 2.16. The summed E-state index contributed by atoms with van der Waals surface area (Å²) in [5.74, 6) is 1.07. The van der Waals surface area contributed by atoms with Crippen molar-refractivity contribution in [1.29, 1.82) is 0 Å². The fraction of sp³-hybridized carbons (Fsp3) is 0.615. The number of halogens is 1. The highest BCUT2D eigenvalue weighted by molar-refractivity contribution is 6.31. The molecule has 2 heterocycles. The zero-order chi connectivity index (χ0) is 12.1. The van der Waals surface area contributed by atoms with Gasteiger partial charge in [-0.3, -0.25) is 0 Å². The van der Waals surface area contributed by atoms with Crippen molar-refractivity contribution >= 4 is 17.4 Å². The van der Waals surface area contributed by atoms with Gasteiger partial charge in [0, 0.05) is 25.8 Å². The van der Waals surface area contributed by atoms with Crippen LogP contribution in [0.5, 0.6) is 0 Å². The molecule has 3 nitrogen and oxygen atoms in total. The van der Waals surface area contributed by atoms with E-state index in [9.17, 15) is 0 Å². The van der Waals surface area contributed by atoms with Crippen molar-refractivity contribution in [2.75, 3.05) is 24.5 Å². The lowest BCUT2D eigenvalue weighted by atomic mass is 10.1. The molecular formula is C13H20ClN3. The first-order valence-corrected chi connectivity index (χ1v) is 6.79. The van der Waals surface area contributed by atoms with Gasteiger partial charge in [0.1, 0.15) is 5.82 Å². The Morgan fingerprint density at radius 1 is 1.35 bits per heavy atom. The van der Waals surface area contributed by atoms with E-state index in [2.05, 4.69) is 28.2 Å². The van der Waals surface area contributed by atoms with Crippen molar-refractivity contribution < 1.29 is 0 Å². The fourth-order valence-corrected chi connectivity index (χ4v) is 2.33. The SMILES string of the molecule is CCNCc1cc(N2CCCCC2)ncc1Cl. The quantitative estimate of drug-likeness (QED) is 0.895. The van der Waals surface area contributed by atoms with Crippen molar-refractivity contribution in [3.05, 3.63) is 22.8 Å². The largest absolute Gasteiger partial charge is 0.357 e. The molecule has 0 bridgehead atoms. The van der Waals surface area contributed by atoms with E-state index < -0.39 is 0 Å². The van der Waals surface area contributed by atoms with E-state index in [1.165, 1.54) is 19.3 Å². The van der Waals surface area contributed by atoms with Gasteiger partial charge in [0.2, 0.25) is 0 Å².